The highest BCUT2D eigenvalue weighted by atomic mass is 19.1. The molecule has 0 aromatic rings. The Balaban J connectivity index is 3.63. The summed E-state index contributed by atoms with van der Waals surface area (Å²) < 4.78 is 12.8. The van der Waals surface area contributed by atoms with Crippen LogP contribution in [-0.4, -0.2) is 18.1 Å². The molecule has 0 unspecified atom stereocenters. The number of carbonyl (C=O) groups excluding carboxylic acids is 1. The van der Waals surface area contributed by atoms with Crippen molar-refractivity contribution in [2.75, 3.05) is 6.54 Å². The number of nitrogens with one attached hydrogen (secondary N) is 1. The fourth-order valence-corrected chi connectivity index (χ4v) is 0.574. The minimum atomic E-state index is -1.79. The molecule has 0 aromatic carbocycles. The van der Waals surface area contributed by atoms with Crippen LogP contribution in [0.4, 0.5) is 4.39 Å². The Labute approximate surface area is 72.5 Å². The molecule has 0 radical (unpaired) electrons. The molecule has 0 heterocycles. The molecule has 3 heteroatoms. The Kier molecular flexibility index (Phi) is 4.35. The Morgan fingerprint density at radius 2 is 2.17 bits per heavy atom. The summed E-state index contributed by atoms with van der Waals surface area (Å²) in [5, 5.41) is 2.44. The van der Waals surface area contributed by atoms with Gasteiger partial charge in [-0.3, -0.25) is 4.79 Å². The van der Waals surface area contributed by atoms with Crippen LogP contribution >= 0.6 is 0 Å². The van der Waals surface area contributed by atoms with E-state index < -0.39 is 11.6 Å². The van der Waals surface area contributed by atoms with Gasteiger partial charge in [-0.05, 0) is 20.8 Å². The molecule has 0 saturated heterocycles. The SMILES string of the molecule is CC#CCCNC(=O)C(C)(C)F. The monoisotopic (exact) mass is 171 g/mol. The average molecular weight is 171 g/mol. The van der Waals surface area contributed by atoms with Gasteiger partial charge in [0, 0.05) is 13.0 Å². The standard InChI is InChI=1S/C9H14FNO/c1-4-5-6-7-11-8(12)9(2,3)10/h6-7H2,1-3H3,(H,11,12). The molecular formula is C9H14FNO. The van der Waals surface area contributed by atoms with E-state index in [0.29, 0.717) is 13.0 Å². The van der Waals surface area contributed by atoms with E-state index in [1.807, 2.05) is 0 Å². The molecule has 0 spiro atoms. The van der Waals surface area contributed by atoms with E-state index in [-0.39, 0.29) is 0 Å². The van der Waals surface area contributed by atoms with Gasteiger partial charge in [-0.15, -0.1) is 11.8 Å². The lowest BCUT2D eigenvalue weighted by atomic mass is 10.1. The van der Waals surface area contributed by atoms with E-state index in [2.05, 4.69) is 17.2 Å². The molecular weight excluding hydrogens is 157 g/mol. The number of rotatable bonds is 3. The van der Waals surface area contributed by atoms with Crippen LogP contribution < -0.4 is 5.32 Å². The first-order chi connectivity index (χ1) is 5.48. The first-order valence-corrected chi connectivity index (χ1v) is 3.85. The van der Waals surface area contributed by atoms with Gasteiger partial charge in [0.2, 0.25) is 0 Å². The maximum Gasteiger partial charge on any atom is 0.257 e. The molecule has 1 N–H and O–H groups in total. The van der Waals surface area contributed by atoms with Gasteiger partial charge in [0.05, 0.1) is 0 Å². The first kappa shape index (κ1) is 11.0. The lowest BCUT2D eigenvalue weighted by molar-refractivity contribution is -0.130. The predicted molar refractivity (Wildman–Crippen MR) is 46.3 cm³/mol. The molecule has 0 fully saturated rings. The second-order valence-electron chi connectivity index (χ2n) is 2.91. The van der Waals surface area contributed by atoms with Crippen molar-refractivity contribution < 1.29 is 9.18 Å². The summed E-state index contributed by atoms with van der Waals surface area (Å²) >= 11 is 0. The molecule has 68 valence electrons. The normalized spacial score (nSPS) is 10.0. The van der Waals surface area contributed by atoms with Gasteiger partial charge in [0.15, 0.2) is 5.67 Å². The van der Waals surface area contributed by atoms with Crippen molar-refractivity contribution in [3.8, 4) is 11.8 Å². The summed E-state index contributed by atoms with van der Waals surface area (Å²) in [5.74, 6) is 4.87. The van der Waals surface area contributed by atoms with Gasteiger partial charge in [-0.2, -0.15) is 0 Å². The van der Waals surface area contributed by atoms with Crippen molar-refractivity contribution in [2.24, 2.45) is 0 Å². The van der Waals surface area contributed by atoms with Gasteiger partial charge in [0.25, 0.3) is 5.91 Å². The topological polar surface area (TPSA) is 29.1 Å². The minimum Gasteiger partial charge on any atom is -0.352 e. The molecule has 0 aliphatic carbocycles. The Hall–Kier alpha value is -1.04. The van der Waals surface area contributed by atoms with Crippen LogP contribution in [0.15, 0.2) is 0 Å². The molecule has 0 atom stereocenters. The van der Waals surface area contributed by atoms with E-state index >= 15 is 0 Å². The third-order valence-corrected chi connectivity index (χ3v) is 1.25. The van der Waals surface area contributed by atoms with Crippen molar-refractivity contribution in [3.05, 3.63) is 0 Å². The van der Waals surface area contributed by atoms with E-state index in [9.17, 15) is 9.18 Å². The maximum atomic E-state index is 12.8. The van der Waals surface area contributed by atoms with Crippen molar-refractivity contribution in [1.29, 1.82) is 0 Å². The predicted octanol–water partition coefficient (Wildman–Crippen LogP) is 1.26. The molecule has 12 heavy (non-hydrogen) atoms. The van der Waals surface area contributed by atoms with E-state index in [4.69, 9.17) is 0 Å². The zero-order valence-corrected chi connectivity index (χ0v) is 7.70. The van der Waals surface area contributed by atoms with Crippen LogP contribution in [0.1, 0.15) is 27.2 Å². The molecule has 0 saturated carbocycles. The summed E-state index contributed by atoms with van der Waals surface area (Å²) in [6.07, 6.45) is 0.568. The Bertz CT molecular complexity index is 207. The van der Waals surface area contributed by atoms with Gasteiger partial charge in [0.1, 0.15) is 0 Å². The molecule has 2 nitrogen and oxygen atoms in total. The number of carbonyl (C=O) groups is 1. The smallest absolute Gasteiger partial charge is 0.257 e. The lowest BCUT2D eigenvalue weighted by Crippen LogP contribution is -2.39. The summed E-state index contributed by atoms with van der Waals surface area (Å²) in [6.45, 7) is 4.59. The van der Waals surface area contributed by atoms with Crippen molar-refractivity contribution in [1.82, 2.24) is 5.32 Å². The Morgan fingerprint density at radius 1 is 1.58 bits per heavy atom. The lowest BCUT2D eigenvalue weighted by Gasteiger charge is -2.12. The van der Waals surface area contributed by atoms with Crippen LogP contribution in [-0.2, 0) is 4.79 Å². The number of hydrogen-bond donors (Lipinski definition) is 1. The average Bonchev–Trinajstić information content (AvgIpc) is 1.96. The fourth-order valence-electron chi connectivity index (χ4n) is 0.574. The third kappa shape index (κ3) is 4.73. The largest absolute Gasteiger partial charge is 0.352 e. The van der Waals surface area contributed by atoms with Gasteiger partial charge in [-0.25, -0.2) is 4.39 Å². The van der Waals surface area contributed by atoms with Gasteiger partial charge >= 0.3 is 0 Å². The summed E-state index contributed by atoms with van der Waals surface area (Å²) in [4.78, 5) is 10.9. The van der Waals surface area contributed by atoms with Crippen LogP contribution in [0.3, 0.4) is 0 Å². The summed E-state index contributed by atoms with van der Waals surface area (Å²) in [5.41, 5.74) is -1.79. The van der Waals surface area contributed by atoms with Gasteiger partial charge < -0.3 is 5.32 Å². The van der Waals surface area contributed by atoms with Crippen molar-refractivity contribution in [2.45, 2.75) is 32.9 Å². The molecule has 0 aliphatic heterocycles. The van der Waals surface area contributed by atoms with E-state index in [0.717, 1.165) is 0 Å². The molecule has 0 bridgehead atoms. The Morgan fingerprint density at radius 3 is 2.58 bits per heavy atom. The molecule has 0 rings (SSSR count). The maximum absolute atomic E-state index is 12.8. The number of alkyl halides is 1. The molecule has 1 amide bonds. The van der Waals surface area contributed by atoms with Crippen molar-refractivity contribution >= 4 is 5.91 Å². The third-order valence-electron chi connectivity index (χ3n) is 1.25. The van der Waals surface area contributed by atoms with E-state index in [1.165, 1.54) is 13.8 Å². The molecule has 0 aliphatic rings. The van der Waals surface area contributed by atoms with Gasteiger partial charge in [-0.1, -0.05) is 0 Å². The quantitative estimate of drug-likeness (QED) is 0.502. The fraction of sp³-hybridized carbons (Fsp3) is 0.667. The summed E-state index contributed by atoms with van der Waals surface area (Å²) in [7, 11) is 0. The van der Waals surface area contributed by atoms with Crippen LogP contribution in [0.2, 0.25) is 0 Å². The highest BCUT2D eigenvalue weighted by molar-refractivity contribution is 5.83. The second-order valence-corrected chi connectivity index (χ2v) is 2.91. The van der Waals surface area contributed by atoms with E-state index in [1.54, 1.807) is 6.92 Å². The molecule has 0 aromatic heterocycles. The highest BCUT2D eigenvalue weighted by Gasteiger charge is 2.25. The number of amides is 1. The summed E-state index contributed by atoms with van der Waals surface area (Å²) in [6, 6.07) is 0. The number of hydrogen-bond acceptors (Lipinski definition) is 1. The first-order valence-electron chi connectivity index (χ1n) is 3.85. The zero-order chi connectivity index (χ0) is 9.61. The number of halogens is 1. The van der Waals surface area contributed by atoms with Crippen LogP contribution in [0.25, 0.3) is 0 Å². The second kappa shape index (κ2) is 4.76. The highest BCUT2D eigenvalue weighted by Crippen LogP contribution is 2.06. The zero-order valence-electron chi connectivity index (χ0n) is 7.70. The van der Waals surface area contributed by atoms with Crippen molar-refractivity contribution in [3.63, 3.8) is 0 Å². The minimum absolute atomic E-state index is 0.410. The van der Waals surface area contributed by atoms with Crippen LogP contribution in [0.5, 0.6) is 0 Å². The van der Waals surface area contributed by atoms with Crippen LogP contribution in [0, 0.1) is 11.8 Å².